The van der Waals surface area contributed by atoms with Gasteiger partial charge in [0.15, 0.2) is 0 Å². The Labute approximate surface area is 179 Å². The van der Waals surface area contributed by atoms with E-state index in [2.05, 4.69) is 5.32 Å². The van der Waals surface area contributed by atoms with Crippen molar-refractivity contribution in [1.82, 2.24) is 5.32 Å². The predicted octanol–water partition coefficient (Wildman–Crippen LogP) is 3.81. The van der Waals surface area contributed by atoms with Crippen molar-refractivity contribution in [3.63, 3.8) is 0 Å². The lowest BCUT2D eigenvalue weighted by Crippen LogP contribution is -2.34. The molecule has 7 heteroatoms. The Balaban J connectivity index is 1.60. The summed E-state index contributed by atoms with van der Waals surface area (Å²) < 4.78 is 23.6. The molecule has 6 nitrogen and oxygen atoms in total. The number of aliphatic hydroxyl groups excluding tert-OH is 1. The van der Waals surface area contributed by atoms with Gasteiger partial charge in [0.1, 0.15) is 17.1 Å². The Morgan fingerprint density at radius 1 is 1.23 bits per heavy atom. The molecule has 0 bridgehead atoms. The molecule has 0 aliphatic carbocycles. The molecule has 1 aromatic heterocycles. The first-order chi connectivity index (χ1) is 14.8. The smallest absolute Gasteiger partial charge is 0.339 e. The van der Waals surface area contributed by atoms with Crippen LogP contribution in [0.15, 0.2) is 51.7 Å². The number of carbonyl (C=O) groups is 1. The Kier molecular flexibility index (Phi) is 7.07. The summed E-state index contributed by atoms with van der Waals surface area (Å²) in [6, 6.07) is 10.6. The van der Waals surface area contributed by atoms with Crippen LogP contribution in [0.2, 0.25) is 0 Å². The molecule has 164 valence electrons. The number of rotatable bonds is 8. The molecule has 2 atom stereocenters. The summed E-state index contributed by atoms with van der Waals surface area (Å²) in [5.41, 5.74) is 1.81. The summed E-state index contributed by atoms with van der Waals surface area (Å²) in [7, 11) is 1.54. The van der Waals surface area contributed by atoms with Gasteiger partial charge < -0.3 is 19.6 Å². The van der Waals surface area contributed by atoms with Gasteiger partial charge >= 0.3 is 5.63 Å². The minimum atomic E-state index is -0.817. The number of methoxy groups -OCH3 is 1. The van der Waals surface area contributed by atoms with Gasteiger partial charge in [0.25, 0.3) is 0 Å². The molecule has 1 heterocycles. The lowest BCUT2D eigenvalue weighted by Gasteiger charge is -2.18. The van der Waals surface area contributed by atoms with Crippen molar-refractivity contribution in [2.45, 2.75) is 45.3 Å². The summed E-state index contributed by atoms with van der Waals surface area (Å²) in [6.07, 6.45) is -0.168. The third-order valence-corrected chi connectivity index (χ3v) is 5.34. The van der Waals surface area contributed by atoms with E-state index in [0.29, 0.717) is 22.5 Å². The Hall–Kier alpha value is -3.19. The Morgan fingerprint density at radius 2 is 1.94 bits per heavy atom. The second-order valence-electron chi connectivity index (χ2n) is 7.63. The number of benzene rings is 2. The number of fused-ring (bicyclic) bond motifs is 1. The van der Waals surface area contributed by atoms with E-state index in [-0.39, 0.29) is 37.0 Å². The highest BCUT2D eigenvalue weighted by Crippen LogP contribution is 2.24. The van der Waals surface area contributed by atoms with E-state index in [0.717, 1.165) is 10.9 Å². The van der Waals surface area contributed by atoms with Crippen molar-refractivity contribution < 1.29 is 23.4 Å². The van der Waals surface area contributed by atoms with E-state index in [4.69, 9.17) is 9.15 Å². The molecular weight excluding hydrogens is 401 g/mol. The number of hydrogen-bond acceptors (Lipinski definition) is 5. The van der Waals surface area contributed by atoms with Gasteiger partial charge in [-0.25, -0.2) is 9.18 Å². The van der Waals surface area contributed by atoms with E-state index in [1.165, 1.54) is 24.3 Å². The predicted molar refractivity (Wildman–Crippen MR) is 116 cm³/mol. The summed E-state index contributed by atoms with van der Waals surface area (Å²) >= 11 is 0. The number of halogens is 1. The van der Waals surface area contributed by atoms with Crippen LogP contribution < -0.4 is 15.7 Å². The maximum absolute atomic E-state index is 13.0. The van der Waals surface area contributed by atoms with Crippen molar-refractivity contribution in [2.24, 2.45) is 0 Å². The number of aliphatic hydroxyl groups is 1. The maximum atomic E-state index is 13.0. The van der Waals surface area contributed by atoms with Crippen LogP contribution in [-0.4, -0.2) is 24.2 Å². The fourth-order valence-corrected chi connectivity index (χ4v) is 3.59. The van der Waals surface area contributed by atoms with Gasteiger partial charge in [-0.05, 0) is 62.1 Å². The Bertz CT molecular complexity index is 1120. The molecular formula is C24H26FNO5. The second-order valence-corrected chi connectivity index (χ2v) is 7.63. The quantitative estimate of drug-likeness (QED) is 0.534. The van der Waals surface area contributed by atoms with Crippen molar-refractivity contribution in [1.29, 1.82) is 0 Å². The highest BCUT2D eigenvalue weighted by atomic mass is 19.1. The van der Waals surface area contributed by atoms with Crippen LogP contribution in [0, 0.1) is 12.7 Å². The van der Waals surface area contributed by atoms with Gasteiger partial charge in [0.05, 0.1) is 13.2 Å². The van der Waals surface area contributed by atoms with Crippen LogP contribution in [0.5, 0.6) is 5.75 Å². The van der Waals surface area contributed by atoms with Crippen molar-refractivity contribution >= 4 is 16.9 Å². The number of amides is 1. The van der Waals surface area contributed by atoms with E-state index in [9.17, 15) is 19.1 Å². The monoisotopic (exact) mass is 427 g/mol. The average molecular weight is 427 g/mol. The molecule has 0 saturated carbocycles. The normalized spacial score (nSPS) is 13.1. The fraction of sp³-hybridized carbons (Fsp3) is 0.333. The van der Waals surface area contributed by atoms with Gasteiger partial charge in [-0.2, -0.15) is 0 Å². The lowest BCUT2D eigenvalue weighted by atomic mass is 10.0. The number of aryl methyl sites for hydroxylation is 1. The first kappa shape index (κ1) is 22.5. The van der Waals surface area contributed by atoms with Gasteiger partial charge in [-0.1, -0.05) is 12.1 Å². The molecule has 0 radical (unpaired) electrons. The minimum absolute atomic E-state index is 0.115. The van der Waals surface area contributed by atoms with Gasteiger partial charge in [-0.15, -0.1) is 0 Å². The standard InChI is InChI=1S/C24H26FNO5/c1-14(12-21(27)16-4-6-17(25)7-5-16)26-23(28)11-10-20-15(2)19-9-8-18(30-3)13-22(19)31-24(20)29/h4-9,13-14,21,27H,10-12H2,1-3H3,(H,26,28). The molecule has 2 N–H and O–H groups in total. The van der Waals surface area contributed by atoms with E-state index >= 15 is 0 Å². The molecule has 2 aromatic carbocycles. The van der Waals surface area contributed by atoms with Crippen molar-refractivity contribution in [3.8, 4) is 5.75 Å². The molecule has 0 fully saturated rings. The average Bonchev–Trinajstić information content (AvgIpc) is 2.73. The van der Waals surface area contributed by atoms with Gasteiger partial charge in [0.2, 0.25) is 5.91 Å². The second kappa shape index (κ2) is 9.75. The van der Waals surface area contributed by atoms with Crippen LogP contribution in [0.1, 0.15) is 42.6 Å². The lowest BCUT2D eigenvalue weighted by molar-refractivity contribution is -0.121. The summed E-state index contributed by atoms with van der Waals surface area (Å²) in [5, 5.41) is 13.9. The van der Waals surface area contributed by atoms with Gasteiger partial charge in [0, 0.05) is 29.5 Å². The third kappa shape index (κ3) is 5.49. The third-order valence-electron chi connectivity index (χ3n) is 5.34. The van der Waals surface area contributed by atoms with Crippen molar-refractivity contribution in [2.75, 3.05) is 7.11 Å². The van der Waals surface area contributed by atoms with Crippen LogP contribution in [0.25, 0.3) is 11.0 Å². The zero-order valence-corrected chi connectivity index (χ0v) is 17.8. The highest BCUT2D eigenvalue weighted by Gasteiger charge is 2.17. The topological polar surface area (TPSA) is 88.8 Å². The highest BCUT2D eigenvalue weighted by molar-refractivity contribution is 5.82. The molecule has 0 aliphatic rings. The number of hydrogen-bond donors (Lipinski definition) is 2. The van der Waals surface area contributed by atoms with Crippen molar-refractivity contribution in [3.05, 3.63) is 75.4 Å². The molecule has 0 saturated heterocycles. The van der Waals surface area contributed by atoms with Crippen LogP contribution >= 0.6 is 0 Å². The van der Waals surface area contributed by atoms with Crippen LogP contribution in [0.4, 0.5) is 4.39 Å². The van der Waals surface area contributed by atoms with E-state index in [1.54, 1.807) is 26.2 Å². The molecule has 31 heavy (non-hydrogen) atoms. The number of carbonyl (C=O) groups excluding carboxylic acids is 1. The SMILES string of the molecule is COc1ccc2c(C)c(CCC(=O)NC(C)CC(O)c3ccc(F)cc3)c(=O)oc2c1. The van der Waals surface area contributed by atoms with Crippen LogP contribution in [-0.2, 0) is 11.2 Å². The Morgan fingerprint density at radius 3 is 2.61 bits per heavy atom. The minimum Gasteiger partial charge on any atom is -0.497 e. The van der Waals surface area contributed by atoms with E-state index < -0.39 is 11.7 Å². The molecule has 2 unspecified atom stereocenters. The molecule has 0 aliphatic heterocycles. The summed E-state index contributed by atoms with van der Waals surface area (Å²) in [4.78, 5) is 24.8. The molecule has 3 aromatic rings. The summed E-state index contributed by atoms with van der Waals surface area (Å²) in [5.74, 6) is -0.00340. The number of ether oxygens (including phenoxy) is 1. The van der Waals surface area contributed by atoms with Gasteiger partial charge in [-0.3, -0.25) is 4.79 Å². The number of nitrogens with one attached hydrogen (secondary N) is 1. The van der Waals surface area contributed by atoms with E-state index in [1.807, 2.05) is 13.0 Å². The molecule has 0 spiro atoms. The molecule has 3 rings (SSSR count). The first-order valence-electron chi connectivity index (χ1n) is 10.1. The summed E-state index contributed by atoms with van der Waals surface area (Å²) in [6.45, 7) is 3.62. The molecule has 1 amide bonds. The first-order valence-corrected chi connectivity index (χ1v) is 10.1. The van der Waals surface area contributed by atoms with Crippen LogP contribution in [0.3, 0.4) is 0 Å². The zero-order valence-electron chi connectivity index (χ0n) is 17.8. The largest absolute Gasteiger partial charge is 0.497 e. The maximum Gasteiger partial charge on any atom is 0.339 e. The zero-order chi connectivity index (χ0) is 22.5. The fourth-order valence-electron chi connectivity index (χ4n) is 3.59.